The highest BCUT2D eigenvalue weighted by Crippen LogP contribution is 2.30. The molecule has 0 bridgehead atoms. The topological polar surface area (TPSA) is 44.8 Å². The maximum Gasteiger partial charge on any atom is 0.164 e. The quantitative estimate of drug-likeness (QED) is 0.571. The molecular formula is C16H28O4. The van der Waals surface area contributed by atoms with E-state index < -0.39 is 11.9 Å². The third kappa shape index (κ3) is 6.06. The van der Waals surface area contributed by atoms with Crippen LogP contribution in [0.25, 0.3) is 0 Å². The van der Waals surface area contributed by atoms with Crippen LogP contribution < -0.4 is 0 Å². The van der Waals surface area contributed by atoms with Crippen molar-refractivity contribution in [2.45, 2.75) is 84.4 Å². The number of carbonyl (C=O) groups is 1. The molecule has 0 saturated carbocycles. The van der Waals surface area contributed by atoms with Crippen LogP contribution in [0.3, 0.4) is 0 Å². The zero-order valence-electron chi connectivity index (χ0n) is 13.6. The zero-order valence-corrected chi connectivity index (χ0v) is 13.6. The van der Waals surface area contributed by atoms with Gasteiger partial charge in [0.05, 0.1) is 11.9 Å². The fourth-order valence-corrected chi connectivity index (χ4v) is 2.37. The smallest absolute Gasteiger partial charge is 0.164 e. The summed E-state index contributed by atoms with van der Waals surface area (Å²) >= 11 is 0. The highest BCUT2D eigenvalue weighted by molar-refractivity contribution is 5.56. The number of aldehydes is 1. The second-order valence-corrected chi connectivity index (χ2v) is 6.67. The predicted octanol–water partition coefficient (Wildman–Crippen LogP) is 3.59. The van der Waals surface area contributed by atoms with Crippen molar-refractivity contribution in [3.63, 3.8) is 0 Å². The first-order valence-electron chi connectivity index (χ1n) is 7.34. The van der Waals surface area contributed by atoms with E-state index in [0.29, 0.717) is 12.8 Å². The maximum atomic E-state index is 11.0. The minimum Gasteiger partial charge on any atom is -0.493 e. The second-order valence-electron chi connectivity index (χ2n) is 6.67. The molecule has 0 amide bonds. The van der Waals surface area contributed by atoms with Crippen LogP contribution in [0.15, 0.2) is 11.8 Å². The number of carbonyl (C=O) groups excluding carboxylic acids is 1. The van der Waals surface area contributed by atoms with Gasteiger partial charge in [-0.15, -0.1) is 0 Å². The molecule has 0 aliphatic carbocycles. The molecule has 0 N–H and O–H groups in total. The molecule has 2 unspecified atom stereocenters. The monoisotopic (exact) mass is 284 g/mol. The van der Waals surface area contributed by atoms with Gasteiger partial charge in [-0.05, 0) is 47.1 Å². The van der Waals surface area contributed by atoms with Crippen molar-refractivity contribution in [3.8, 4) is 0 Å². The first-order chi connectivity index (χ1) is 9.15. The average molecular weight is 284 g/mol. The van der Waals surface area contributed by atoms with Gasteiger partial charge in [-0.25, -0.2) is 0 Å². The largest absolute Gasteiger partial charge is 0.493 e. The summed E-state index contributed by atoms with van der Waals surface area (Å²) < 4.78 is 17.4. The van der Waals surface area contributed by atoms with E-state index in [4.69, 9.17) is 14.2 Å². The van der Waals surface area contributed by atoms with E-state index in [0.717, 1.165) is 18.5 Å². The van der Waals surface area contributed by atoms with Gasteiger partial charge in [0.25, 0.3) is 0 Å². The Hall–Kier alpha value is -0.870. The molecule has 2 atom stereocenters. The van der Waals surface area contributed by atoms with Crippen LogP contribution >= 0.6 is 0 Å². The third-order valence-corrected chi connectivity index (χ3v) is 2.83. The van der Waals surface area contributed by atoms with E-state index in [1.807, 2.05) is 34.6 Å². The van der Waals surface area contributed by atoms with E-state index in [1.54, 1.807) is 0 Å². The average Bonchev–Trinajstić information content (AvgIpc) is 2.24. The predicted molar refractivity (Wildman–Crippen MR) is 78.3 cm³/mol. The normalized spacial score (nSPS) is 27.2. The van der Waals surface area contributed by atoms with Gasteiger partial charge < -0.3 is 19.0 Å². The Morgan fingerprint density at radius 1 is 1.35 bits per heavy atom. The van der Waals surface area contributed by atoms with Crippen molar-refractivity contribution in [2.75, 3.05) is 0 Å². The lowest BCUT2D eigenvalue weighted by atomic mass is 10.0. The lowest BCUT2D eigenvalue weighted by Crippen LogP contribution is -2.45. The molecule has 0 aromatic heterocycles. The summed E-state index contributed by atoms with van der Waals surface area (Å²) in [6, 6.07) is 0. The van der Waals surface area contributed by atoms with Crippen LogP contribution in [0.1, 0.15) is 60.8 Å². The van der Waals surface area contributed by atoms with Crippen molar-refractivity contribution < 1.29 is 19.0 Å². The molecule has 20 heavy (non-hydrogen) atoms. The van der Waals surface area contributed by atoms with Gasteiger partial charge in [0.2, 0.25) is 0 Å². The molecule has 0 radical (unpaired) electrons. The Labute approximate surface area is 122 Å². The summed E-state index contributed by atoms with van der Waals surface area (Å²) in [6.45, 7) is 11.8. The Bertz CT molecular complexity index is 352. The standard InChI is InChI=1S/C16H28O4/c1-7-8-12(18-15(2,3)4)9-13-10-14(11-17)20-16(5,6)19-13/h8,11,13-14H,7,9-10H2,1-6H3/b12-8+. The van der Waals surface area contributed by atoms with Crippen molar-refractivity contribution in [1.29, 1.82) is 0 Å². The number of hydrogen-bond donors (Lipinski definition) is 0. The fraction of sp³-hybridized carbons (Fsp3) is 0.812. The van der Waals surface area contributed by atoms with Crippen molar-refractivity contribution >= 4 is 6.29 Å². The fourth-order valence-electron chi connectivity index (χ4n) is 2.37. The van der Waals surface area contributed by atoms with Crippen molar-refractivity contribution in [3.05, 3.63) is 11.8 Å². The lowest BCUT2D eigenvalue weighted by molar-refractivity contribution is -0.291. The van der Waals surface area contributed by atoms with Crippen LogP contribution in [0, 0.1) is 0 Å². The van der Waals surface area contributed by atoms with E-state index in [-0.39, 0.29) is 11.7 Å². The molecule has 1 heterocycles. The van der Waals surface area contributed by atoms with E-state index in [9.17, 15) is 4.79 Å². The number of ether oxygens (including phenoxy) is 3. The van der Waals surface area contributed by atoms with Crippen LogP contribution in [-0.2, 0) is 19.0 Å². The van der Waals surface area contributed by atoms with Gasteiger partial charge in [-0.2, -0.15) is 0 Å². The Morgan fingerprint density at radius 3 is 2.50 bits per heavy atom. The molecule has 1 fully saturated rings. The van der Waals surface area contributed by atoms with Gasteiger partial charge in [0, 0.05) is 12.8 Å². The molecule has 0 aromatic carbocycles. The number of hydrogen-bond acceptors (Lipinski definition) is 4. The molecule has 4 heteroatoms. The highest BCUT2D eigenvalue weighted by atomic mass is 16.7. The minimum absolute atomic E-state index is 0.0610. The molecule has 1 saturated heterocycles. The Balaban J connectivity index is 2.72. The Morgan fingerprint density at radius 2 is 2.00 bits per heavy atom. The van der Waals surface area contributed by atoms with Gasteiger partial charge >= 0.3 is 0 Å². The number of rotatable bonds is 5. The zero-order chi connectivity index (χ0) is 15.4. The lowest BCUT2D eigenvalue weighted by Gasteiger charge is -2.39. The van der Waals surface area contributed by atoms with Gasteiger partial charge in [0.15, 0.2) is 5.79 Å². The van der Waals surface area contributed by atoms with Gasteiger partial charge in [-0.3, -0.25) is 0 Å². The molecule has 1 rings (SSSR count). The minimum atomic E-state index is -0.729. The van der Waals surface area contributed by atoms with Crippen molar-refractivity contribution in [1.82, 2.24) is 0 Å². The summed E-state index contributed by atoms with van der Waals surface area (Å²) in [6.07, 6.45) is 4.62. The van der Waals surface area contributed by atoms with Crippen LogP contribution in [-0.4, -0.2) is 29.9 Å². The SMILES string of the molecule is CC/C=C(\CC1CC(C=O)OC(C)(C)O1)OC(C)(C)C. The molecule has 116 valence electrons. The maximum absolute atomic E-state index is 11.0. The summed E-state index contributed by atoms with van der Waals surface area (Å²) in [4.78, 5) is 11.0. The van der Waals surface area contributed by atoms with E-state index in [1.165, 1.54) is 0 Å². The first-order valence-corrected chi connectivity index (χ1v) is 7.34. The molecule has 1 aliphatic heterocycles. The first kappa shape index (κ1) is 17.2. The van der Waals surface area contributed by atoms with E-state index in [2.05, 4.69) is 13.0 Å². The molecular weight excluding hydrogens is 256 g/mol. The van der Waals surface area contributed by atoms with Crippen LogP contribution in [0.4, 0.5) is 0 Å². The van der Waals surface area contributed by atoms with Crippen LogP contribution in [0.2, 0.25) is 0 Å². The van der Waals surface area contributed by atoms with E-state index >= 15 is 0 Å². The summed E-state index contributed by atoms with van der Waals surface area (Å²) in [5, 5.41) is 0. The van der Waals surface area contributed by atoms with Gasteiger partial charge in [-0.1, -0.05) is 6.92 Å². The number of allylic oxidation sites excluding steroid dienone is 1. The van der Waals surface area contributed by atoms with Crippen molar-refractivity contribution in [2.24, 2.45) is 0 Å². The molecule has 0 aromatic rings. The molecule has 0 spiro atoms. The highest BCUT2D eigenvalue weighted by Gasteiger charge is 2.36. The Kier molecular flexibility index (Phi) is 5.78. The van der Waals surface area contributed by atoms with Gasteiger partial charge in [0.1, 0.15) is 18.0 Å². The summed E-state index contributed by atoms with van der Waals surface area (Å²) in [5.41, 5.74) is -0.230. The molecule has 1 aliphatic rings. The third-order valence-electron chi connectivity index (χ3n) is 2.83. The second kappa shape index (κ2) is 6.72. The van der Waals surface area contributed by atoms with Crippen LogP contribution in [0.5, 0.6) is 0 Å². The molecule has 4 nitrogen and oxygen atoms in total. The summed E-state index contributed by atoms with van der Waals surface area (Å²) in [5.74, 6) is 0.195. The summed E-state index contributed by atoms with van der Waals surface area (Å²) in [7, 11) is 0.